The second-order valence-electron chi connectivity index (χ2n) is 3.60. The molecule has 1 rings (SSSR count). The standard InChI is InChI=1S/C12H14F3NO3/c1-3-19-10(17)8-4-6-9(7-5-8)16-11(18-2)12(13,14)15/h4-7,11,16H,3H2,1-2H3/t11-/m0/s1. The van der Waals surface area contributed by atoms with Crippen LogP contribution in [0.5, 0.6) is 0 Å². The number of hydrogen-bond donors (Lipinski definition) is 1. The van der Waals surface area contributed by atoms with Gasteiger partial charge in [-0.1, -0.05) is 0 Å². The van der Waals surface area contributed by atoms with E-state index in [4.69, 9.17) is 4.74 Å². The lowest BCUT2D eigenvalue weighted by Gasteiger charge is -2.20. The summed E-state index contributed by atoms with van der Waals surface area (Å²) < 4.78 is 46.4. The van der Waals surface area contributed by atoms with Crippen LogP contribution in [0.2, 0.25) is 0 Å². The monoisotopic (exact) mass is 277 g/mol. The Balaban J connectivity index is 2.74. The lowest BCUT2D eigenvalue weighted by Crippen LogP contribution is -2.37. The number of nitrogens with one attached hydrogen (secondary N) is 1. The van der Waals surface area contributed by atoms with Gasteiger partial charge in [0.15, 0.2) is 0 Å². The first kappa shape index (κ1) is 15.3. The van der Waals surface area contributed by atoms with Crippen molar-refractivity contribution in [1.29, 1.82) is 0 Å². The van der Waals surface area contributed by atoms with Crippen LogP contribution in [0.25, 0.3) is 0 Å². The molecule has 0 saturated carbocycles. The van der Waals surface area contributed by atoms with Crippen molar-refractivity contribution in [2.24, 2.45) is 0 Å². The molecule has 106 valence electrons. The molecule has 0 aliphatic rings. The highest BCUT2D eigenvalue weighted by atomic mass is 19.4. The predicted molar refractivity (Wildman–Crippen MR) is 62.9 cm³/mol. The average Bonchev–Trinajstić information content (AvgIpc) is 2.35. The van der Waals surface area contributed by atoms with Crippen molar-refractivity contribution in [2.75, 3.05) is 19.0 Å². The fraction of sp³-hybridized carbons (Fsp3) is 0.417. The number of carbonyl (C=O) groups is 1. The Labute approximate surface area is 108 Å². The molecule has 1 aromatic carbocycles. The van der Waals surface area contributed by atoms with Crippen LogP contribution in [0.15, 0.2) is 24.3 Å². The Bertz CT molecular complexity index is 417. The highest BCUT2D eigenvalue weighted by Crippen LogP contribution is 2.24. The van der Waals surface area contributed by atoms with Crippen molar-refractivity contribution in [3.63, 3.8) is 0 Å². The topological polar surface area (TPSA) is 47.6 Å². The number of ether oxygens (including phenoxy) is 2. The maximum atomic E-state index is 12.5. The van der Waals surface area contributed by atoms with Gasteiger partial charge in [0.05, 0.1) is 12.2 Å². The highest BCUT2D eigenvalue weighted by molar-refractivity contribution is 5.89. The zero-order valence-electron chi connectivity index (χ0n) is 10.5. The summed E-state index contributed by atoms with van der Waals surface area (Å²) in [6.45, 7) is 1.90. The van der Waals surface area contributed by atoms with E-state index in [1.165, 1.54) is 24.3 Å². The maximum Gasteiger partial charge on any atom is 0.433 e. The summed E-state index contributed by atoms with van der Waals surface area (Å²) in [5, 5.41) is 2.17. The van der Waals surface area contributed by atoms with Crippen molar-refractivity contribution in [3.8, 4) is 0 Å². The molecular formula is C12H14F3NO3. The number of carbonyl (C=O) groups excluding carboxylic acids is 1. The lowest BCUT2D eigenvalue weighted by atomic mass is 10.2. The molecule has 1 N–H and O–H groups in total. The van der Waals surface area contributed by atoms with Crippen molar-refractivity contribution in [3.05, 3.63) is 29.8 Å². The molecule has 19 heavy (non-hydrogen) atoms. The molecule has 0 aromatic heterocycles. The SMILES string of the molecule is CCOC(=O)c1ccc(N[C@@H](OC)C(F)(F)F)cc1. The van der Waals surface area contributed by atoms with Crippen LogP contribution in [0.4, 0.5) is 18.9 Å². The molecule has 0 heterocycles. The number of methoxy groups -OCH3 is 1. The number of halogens is 3. The quantitative estimate of drug-likeness (QED) is 0.664. The highest BCUT2D eigenvalue weighted by Gasteiger charge is 2.40. The summed E-state index contributed by atoms with van der Waals surface area (Å²) in [6.07, 6.45) is -6.62. The van der Waals surface area contributed by atoms with Crippen molar-refractivity contribution in [2.45, 2.75) is 19.3 Å². The summed E-state index contributed by atoms with van der Waals surface area (Å²) >= 11 is 0. The Morgan fingerprint density at radius 2 is 1.89 bits per heavy atom. The summed E-state index contributed by atoms with van der Waals surface area (Å²) in [4.78, 5) is 11.3. The molecule has 0 radical (unpaired) electrons. The summed E-state index contributed by atoms with van der Waals surface area (Å²) in [6, 6.07) is 5.46. The molecule has 0 amide bonds. The fourth-order valence-electron chi connectivity index (χ4n) is 1.34. The van der Waals surface area contributed by atoms with Gasteiger partial charge in [-0.2, -0.15) is 13.2 Å². The fourth-order valence-corrected chi connectivity index (χ4v) is 1.34. The average molecular weight is 277 g/mol. The van der Waals surface area contributed by atoms with E-state index >= 15 is 0 Å². The van der Waals surface area contributed by atoms with Crippen LogP contribution < -0.4 is 5.32 Å². The number of anilines is 1. The molecule has 0 aliphatic carbocycles. The minimum atomic E-state index is -4.52. The maximum absolute atomic E-state index is 12.5. The van der Waals surface area contributed by atoms with Crippen molar-refractivity contribution >= 4 is 11.7 Å². The van der Waals surface area contributed by atoms with E-state index in [1.807, 2.05) is 0 Å². The lowest BCUT2D eigenvalue weighted by molar-refractivity contribution is -0.202. The zero-order valence-corrected chi connectivity index (χ0v) is 10.5. The van der Waals surface area contributed by atoms with Crippen molar-refractivity contribution in [1.82, 2.24) is 0 Å². The van der Waals surface area contributed by atoms with E-state index in [2.05, 4.69) is 10.1 Å². The molecule has 1 aromatic rings. The summed E-state index contributed by atoms with van der Waals surface area (Å²) in [5.74, 6) is -0.520. The van der Waals surface area contributed by atoms with Crippen LogP contribution in [0, 0.1) is 0 Å². The predicted octanol–water partition coefficient (Wildman–Crippen LogP) is 2.81. The van der Waals surface area contributed by atoms with Gasteiger partial charge >= 0.3 is 12.1 Å². The Morgan fingerprint density at radius 3 is 2.32 bits per heavy atom. The smallest absolute Gasteiger partial charge is 0.433 e. The van der Waals surface area contributed by atoms with E-state index in [0.29, 0.717) is 0 Å². The third-order valence-corrected chi connectivity index (χ3v) is 2.23. The largest absolute Gasteiger partial charge is 0.462 e. The molecule has 4 nitrogen and oxygen atoms in total. The molecule has 0 bridgehead atoms. The van der Waals surface area contributed by atoms with Gasteiger partial charge < -0.3 is 14.8 Å². The van der Waals surface area contributed by atoms with Gasteiger partial charge in [0.25, 0.3) is 0 Å². The number of rotatable bonds is 5. The Morgan fingerprint density at radius 1 is 1.32 bits per heavy atom. The number of hydrogen-bond acceptors (Lipinski definition) is 4. The van der Waals surface area contributed by atoms with Crippen LogP contribution in [-0.2, 0) is 9.47 Å². The Hall–Kier alpha value is -1.76. The van der Waals surface area contributed by atoms with Gasteiger partial charge in [-0.05, 0) is 31.2 Å². The molecule has 0 spiro atoms. The minimum Gasteiger partial charge on any atom is -0.462 e. The molecule has 0 aliphatic heterocycles. The van der Waals surface area contributed by atoms with Gasteiger partial charge in [0.1, 0.15) is 0 Å². The first-order valence-electron chi connectivity index (χ1n) is 5.51. The molecule has 7 heteroatoms. The molecule has 0 saturated heterocycles. The van der Waals surface area contributed by atoms with Gasteiger partial charge in [0.2, 0.25) is 6.23 Å². The van der Waals surface area contributed by atoms with E-state index in [0.717, 1.165) is 7.11 Å². The van der Waals surface area contributed by atoms with E-state index in [9.17, 15) is 18.0 Å². The van der Waals surface area contributed by atoms with Gasteiger partial charge in [-0.25, -0.2) is 4.79 Å². The van der Waals surface area contributed by atoms with Crippen LogP contribution in [0.1, 0.15) is 17.3 Å². The second kappa shape index (κ2) is 6.42. The molecule has 1 atom stereocenters. The van der Waals surface area contributed by atoms with Gasteiger partial charge in [-0.3, -0.25) is 0 Å². The second-order valence-corrected chi connectivity index (χ2v) is 3.60. The van der Waals surface area contributed by atoms with Crippen LogP contribution in [0.3, 0.4) is 0 Å². The third-order valence-electron chi connectivity index (χ3n) is 2.23. The summed E-state index contributed by atoms with van der Waals surface area (Å²) in [5.41, 5.74) is 0.464. The third kappa shape index (κ3) is 4.44. The Kier molecular flexibility index (Phi) is 5.17. The molecule has 0 unspecified atom stereocenters. The van der Waals surface area contributed by atoms with Gasteiger partial charge in [-0.15, -0.1) is 0 Å². The number of esters is 1. The number of alkyl halides is 3. The van der Waals surface area contributed by atoms with Gasteiger partial charge in [0, 0.05) is 12.8 Å². The minimum absolute atomic E-state index is 0.192. The number of benzene rings is 1. The van der Waals surface area contributed by atoms with Crippen LogP contribution >= 0.6 is 0 Å². The van der Waals surface area contributed by atoms with Crippen molar-refractivity contribution < 1.29 is 27.4 Å². The summed E-state index contributed by atoms with van der Waals surface area (Å²) in [7, 11) is 0.956. The molecule has 0 fully saturated rings. The van der Waals surface area contributed by atoms with E-state index in [-0.39, 0.29) is 17.9 Å². The van der Waals surface area contributed by atoms with E-state index in [1.54, 1.807) is 6.92 Å². The first-order valence-corrected chi connectivity index (χ1v) is 5.51. The van der Waals surface area contributed by atoms with E-state index < -0.39 is 18.4 Å². The first-order chi connectivity index (χ1) is 8.88. The zero-order chi connectivity index (χ0) is 14.5. The normalized spacial score (nSPS) is 12.9. The van der Waals surface area contributed by atoms with Crippen LogP contribution in [-0.4, -0.2) is 32.1 Å². The molecular weight excluding hydrogens is 263 g/mol.